The van der Waals surface area contributed by atoms with Crippen molar-refractivity contribution in [1.29, 1.82) is 0 Å². The molecule has 1 aromatic carbocycles. The van der Waals surface area contributed by atoms with Gasteiger partial charge in [0.25, 0.3) is 0 Å². The number of methoxy groups -OCH3 is 1. The number of aliphatic hydroxyl groups is 1. The van der Waals surface area contributed by atoms with Crippen molar-refractivity contribution in [3.8, 4) is 17.6 Å². The van der Waals surface area contributed by atoms with E-state index in [0.29, 0.717) is 17.9 Å². The average molecular weight is 287 g/mol. The molecule has 0 saturated heterocycles. The van der Waals surface area contributed by atoms with Gasteiger partial charge in [-0.1, -0.05) is 25.7 Å². The van der Waals surface area contributed by atoms with Crippen molar-refractivity contribution < 1.29 is 14.6 Å². The molecule has 1 aliphatic carbocycles. The molecule has 1 aliphatic rings. The number of hydrogen-bond acceptors (Lipinski definition) is 3. The van der Waals surface area contributed by atoms with Gasteiger partial charge in [-0.05, 0) is 30.0 Å². The van der Waals surface area contributed by atoms with Crippen LogP contribution in [0, 0.1) is 23.2 Å². The minimum Gasteiger partial charge on any atom is -0.495 e. The highest BCUT2D eigenvalue weighted by Crippen LogP contribution is 2.52. The van der Waals surface area contributed by atoms with Crippen LogP contribution in [0.2, 0.25) is 0 Å². The summed E-state index contributed by atoms with van der Waals surface area (Å²) < 4.78 is 5.28. The second-order valence-electron chi connectivity index (χ2n) is 5.92. The molecule has 21 heavy (non-hydrogen) atoms. The minimum atomic E-state index is 0.0266. The molecule has 4 heteroatoms. The number of carbonyl (C=O) groups is 1. The number of rotatable bonds is 4. The number of aliphatic hydroxyl groups excluding tert-OH is 1. The van der Waals surface area contributed by atoms with E-state index in [4.69, 9.17) is 9.84 Å². The van der Waals surface area contributed by atoms with Crippen molar-refractivity contribution in [2.45, 2.75) is 26.7 Å². The fraction of sp³-hybridized carbons (Fsp3) is 0.471. The van der Waals surface area contributed by atoms with Gasteiger partial charge < -0.3 is 15.2 Å². The van der Waals surface area contributed by atoms with Crippen LogP contribution >= 0.6 is 0 Å². The molecular formula is C17H21NO3. The Balaban J connectivity index is 2.15. The summed E-state index contributed by atoms with van der Waals surface area (Å²) >= 11 is 0. The van der Waals surface area contributed by atoms with E-state index in [1.165, 1.54) is 0 Å². The summed E-state index contributed by atoms with van der Waals surface area (Å²) in [7, 11) is 1.57. The van der Waals surface area contributed by atoms with Crippen molar-refractivity contribution in [1.82, 2.24) is 0 Å². The van der Waals surface area contributed by atoms with E-state index in [2.05, 4.69) is 31.0 Å². The molecule has 0 heterocycles. The van der Waals surface area contributed by atoms with E-state index in [1.807, 2.05) is 6.07 Å². The number of nitrogens with one attached hydrogen (secondary N) is 1. The van der Waals surface area contributed by atoms with Crippen molar-refractivity contribution >= 4 is 11.6 Å². The molecule has 2 N–H and O–H groups in total. The quantitative estimate of drug-likeness (QED) is 0.836. The first-order chi connectivity index (χ1) is 9.97. The minimum absolute atomic E-state index is 0.0266. The fourth-order valence-electron chi connectivity index (χ4n) is 2.24. The van der Waals surface area contributed by atoms with Gasteiger partial charge in [0, 0.05) is 17.9 Å². The van der Waals surface area contributed by atoms with Gasteiger partial charge in [0.15, 0.2) is 0 Å². The third-order valence-corrected chi connectivity index (χ3v) is 3.76. The Morgan fingerprint density at radius 1 is 1.52 bits per heavy atom. The lowest BCUT2D eigenvalue weighted by molar-refractivity contribution is -0.118. The summed E-state index contributed by atoms with van der Waals surface area (Å²) in [6, 6.07) is 5.42. The van der Waals surface area contributed by atoms with Crippen LogP contribution in [0.15, 0.2) is 18.2 Å². The van der Waals surface area contributed by atoms with E-state index in [0.717, 1.165) is 12.0 Å². The second-order valence-corrected chi connectivity index (χ2v) is 5.92. The SMILES string of the molecule is COc1ccc(C#CCCO)cc1NC(=O)C1CC1(C)C. The average Bonchev–Trinajstić information content (AvgIpc) is 3.09. The molecule has 0 spiro atoms. The Morgan fingerprint density at radius 2 is 2.24 bits per heavy atom. The van der Waals surface area contributed by atoms with Crippen molar-refractivity contribution in [3.63, 3.8) is 0 Å². The zero-order valence-corrected chi connectivity index (χ0v) is 12.7. The largest absolute Gasteiger partial charge is 0.495 e. The predicted molar refractivity (Wildman–Crippen MR) is 82.1 cm³/mol. The maximum atomic E-state index is 12.2. The molecule has 2 rings (SSSR count). The van der Waals surface area contributed by atoms with Gasteiger partial charge in [-0.15, -0.1) is 0 Å². The molecule has 4 nitrogen and oxygen atoms in total. The second kappa shape index (κ2) is 6.19. The Hall–Kier alpha value is -1.99. The molecule has 112 valence electrons. The summed E-state index contributed by atoms with van der Waals surface area (Å²) in [4.78, 5) is 12.2. The van der Waals surface area contributed by atoms with Gasteiger partial charge in [0.05, 0.1) is 19.4 Å². The van der Waals surface area contributed by atoms with Crippen molar-refractivity contribution in [2.75, 3.05) is 19.0 Å². The Bertz CT molecular complexity index is 596. The number of hydrogen-bond donors (Lipinski definition) is 2. The van der Waals surface area contributed by atoms with Crippen LogP contribution < -0.4 is 10.1 Å². The van der Waals surface area contributed by atoms with E-state index in [-0.39, 0.29) is 23.8 Å². The third kappa shape index (κ3) is 3.77. The lowest BCUT2D eigenvalue weighted by atomic mass is 10.1. The normalized spacial score (nSPS) is 18.4. The topological polar surface area (TPSA) is 58.6 Å². The maximum Gasteiger partial charge on any atom is 0.228 e. The van der Waals surface area contributed by atoms with E-state index >= 15 is 0 Å². The van der Waals surface area contributed by atoms with Crippen LogP contribution in [0.25, 0.3) is 0 Å². The highest BCUT2D eigenvalue weighted by atomic mass is 16.5. The van der Waals surface area contributed by atoms with Gasteiger partial charge in [0.2, 0.25) is 5.91 Å². The summed E-state index contributed by atoms with van der Waals surface area (Å²) in [5, 5.41) is 11.7. The van der Waals surface area contributed by atoms with Gasteiger partial charge in [0.1, 0.15) is 5.75 Å². The molecular weight excluding hydrogens is 266 g/mol. The number of anilines is 1. The first kappa shape index (κ1) is 15.4. The Labute approximate surface area is 125 Å². The number of ether oxygens (including phenoxy) is 1. The lowest BCUT2D eigenvalue weighted by Gasteiger charge is -2.11. The van der Waals surface area contributed by atoms with Gasteiger partial charge in [-0.3, -0.25) is 4.79 Å². The zero-order chi connectivity index (χ0) is 15.5. The lowest BCUT2D eigenvalue weighted by Crippen LogP contribution is -2.17. The van der Waals surface area contributed by atoms with Gasteiger partial charge in [-0.25, -0.2) is 0 Å². The van der Waals surface area contributed by atoms with Crippen molar-refractivity contribution in [3.05, 3.63) is 23.8 Å². The summed E-state index contributed by atoms with van der Waals surface area (Å²) in [5.41, 5.74) is 1.52. The first-order valence-electron chi connectivity index (χ1n) is 7.06. The van der Waals surface area contributed by atoms with Crippen LogP contribution in [0.1, 0.15) is 32.3 Å². The van der Waals surface area contributed by atoms with E-state index in [1.54, 1.807) is 19.2 Å². The summed E-state index contributed by atoms with van der Waals surface area (Å²) in [6.45, 7) is 4.22. The number of benzene rings is 1. The summed E-state index contributed by atoms with van der Waals surface area (Å²) in [5.74, 6) is 6.53. The maximum absolute atomic E-state index is 12.2. The third-order valence-electron chi connectivity index (χ3n) is 3.76. The van der Waals surface area contributed by atoms with E-state index in [9.17, 15) is 4.79 Å². The van der Waals surface area contributed by atoms with Crippen LogP contribution in [-0.4, -0.2) is 24.7 Å². The van der Waals surface area contributed by atoms with Crippen LogP contribution in [0.3, 0.4) is 0 Å². The smallest absolute Gasteiger partial charge is 0.228 e. The molecule has 1 amide bonds. The van der Waals surface area contributed by atoms with Gasteiger partial charge in [-0.2, -0.15) is 0 Å². The standard InChI is InChI=1S/C17H21NO3/c1-17(2)11-13(17)16(20)18-14-10-12(6-4-5-9-19)7-8-15(14)21-3/h7-8,10,13,19H,5,9,11H2,1-3H3,(H,18,20). The Kier molecular flexibility index (Phi) is 4.54. The van der Waals surface area contributed by atoms with Crippen LogP contribution in [-0.2, 0) is 4.79 Å². The molecule has 0 aromatic heterocycles. The Morgan fingerprint density at radius 3 is 2.81 bits per heavy atom. The molecule has 1 aromatic rings. The number of carbonyl (C=O) groups excluding carboxylic acids is 1. The van der Waals surface area contributed by atoms with E-state index < -0.39 is 0 Å². The molecule has 1 atom stereocenters. The zero-order valence-electron chi connectivity index (χ0n) is 12.7. The fourth-order valence-corrected chi connectivity index (χ4v) is 2.24. The molecule has 0 bridgehead atoms. The van der Waals surface area contributed by atoms with Crippen LogP contribution in [0.5, 0.6) is 5.75 Å². The highest BCUT2D eigenvalue weighted by Gasteiger charge is 2.50. The molecule has 0 radical (unpaired) electrons. The molecule has 1 fully saturated rings. The monoisotopic (exact) mass is 287 g/mol. The highest BCUT2D eigenvalue weighted by molar-refractivity contribution is 5.96. The van der Waals surface area contributed by atoms with Crippen LogP contribution in [0.4, 0.5) is 5.69 Å². The molecule has 0 aliphatic heterocycles. The molecule has 1 unspecified atom stereocenters. The van der Waals surface area contributed by atoms with Crippen molar-refractivity contribution in [2.24, 2.45) is 11.3 Å². The molecule has 1 saturated carbocycles. The number of amides is 1. The van der Waals surface area contributed by atoms with Gasteiger partial charge >= 0.3 is 0 Å². The predicted octanol–water partition coefficient (Wildman–Crippen LogP) is 2.41. The summed E-state index contributed by atoms with van der Waals surface area (Å²) in [6.07, 6.45) is 1.35. The first-order valence-corrected chi connectivity index (χ1v) is 7.06.